The average Bonchev–Trinajstić information content (AvgIpc) is 2.61. The second kappa shape index (κ2) is 6.98. The van der Waals surface area contributed by atoms with Crippen LogP contribution in [-0.2, 0) is 10.0 Å². The van der Waals surface area contributed by atoms with E-state index in [1.54, 1.807) is 42.5 Å². The van der Waals surface area contributed by atoms with E-state index in [-0.39, 0.29) is 16.8 Å². The van der Waals surface area contributed by atoms with Gasteiger partial charge in [-0.1, -0.05) is 30.3 Å². The predicted octanol–water partition coefficient (Wildman–Crippen LogP) is 3.02. The number of piperidine rings is 1. The van der Waals surface area contributed by atoms with Crippen molar-refractivity contribution in [2.75, 3.05) is 6.54 Å². The van der Waals surface area contributed by atoms with Crippen LogP contribution in [0.15, 0.2) is 53.4 Å². The van der Waals surface area contributed by atoms with Gasteiger partial charge in [0, 0.05) is 23.7 Å². The molecule has 1 unspecified atom stereocenters. The van der Waals surface area contributed by atoms with Gasteiger partial charge in [-0.3, -0.25) is 4.79 Å². The van der Waals surface area contributed by atoms with Gasteiger partial charge in [-0.2, -0.15) is 0 Å². The topological polar surface area (TPSA) is 80.5 Å². The van der Waals surface area contributed by atoms with Gasteiger partial charge in [0.25, 0.3) is 5.91 Å². The fourth-order valence-corrected chi connectivity index (χ4v) is 4.10. The molecular formula is C19H22N2O3S. The van der Waals surface area contributed by atoms with Crippen molar-refractivity contribution in [3.8, 4) is 11.1 Å². The van der Waals surface area contributed by atoms with Gasteiger partial charge in [-0.15, -0.1) is 0 Å². The van der Waals surface area contributed by atoms with Crippen LogP contribution < -0.4 is 5.14 Å². The van der Waals surface area contributed by atoms with Crippen molar-refractivity contribution in [1.82, 2.24) is 4.90 Å². The summed E-state index contributed by atoms with van der Waals surface area (Å²) in [5.74, 6) is -0.0119. The first-order valence-electron chi connectivity index (χ1n) is 8.41. The number of sulfonamides is 1. The first-order chi connectivity index (χ1) is 11.9. The van der Waals surface area contributed by atoms with Gasteiger partial charge < -0.3 is 4.90 Å². The van der Waals surface area contributed by atoms with Crippen LogP contribution in [0, 0.1) is 0 Å². The fraction of sp³-hybridized carbons (Fsp3) is 0.316. The van der Waals surface area contributed by atoms with E-state index >= 15 is 0 Å². The van der Waals surface area contributed by atoms with E-state index in [2.05, 4.69) is 6.92 Å². The first kappa shape index (κ1) is 17.6. The molecule has 132 valence electrons. The molecule has 1 amide bonds. The average molecular weight is 358 g/mol. The standard InChI is InChI=1S/C19H22N2O3S/c1-14-7-4-5-12-21(14)19(22)16-9-6-8-15(13-16)17-10-2-3-11-18(17)25(20,23)24/h2-3,6,8-11,13-14H,4-5,7,12H2,1H3,(H2,20,23,24). The number of amides is 1. The molecule has 1 atom stereocenters. The van der Waals surface area contributed by atoms with Crippen LogP contribution >= 0.6 is 0 Å². The normalized spacial score (nSPS) is 18.2. The lowest BCUT2D eigenvalue weighted by molar-refractivity contribution is 0.0635. The van der Waals surface area contributed by atoms with Crippen LogP contribution in [0.2, 0.25) is 0 Å². The minimum Gasteiger partial charge on any atom is -0.336 e. The van der Waals surface area contributed by atoms with Crippen LogP contribution in [-0.4, -0.2) is 31.8 Å². The molecule has 1 fully saturated rings. The summed E-state index contributed by atoms with van der Waals surface area (Å²) in [6.07, 6.45) is 3.18. The van der Waals surface area contributed by atoms with Gasteiger partial charge in [-0.05, 0) is 49.9 Å². The molecule has 1 heterocycles. The maximum absolute atomic E-state index is 12.9. The van der Waals surface area contributed by atoms with Gasteiger partial charge in [0.2, 0.25) is 10.0 Å². The zero-order valence-electron chi connectivity index (χ0n) is 14.2. The minimum atomic E-state index is -3.84. The molecule has 0 saturated carbocycles. The molecule has 1 aliphatic heterocycles. The SMILES string of the molecule is CC1CCCCN1C(=O)c1cccc(-c2ccccc2S(N)(=O)=O)c1. The fourth-order valence-electron chi connectivity index (χ4n) is 3.34. The summed E-state index contributed by atoms with van der Waals surface area (Å²) in [5, 5.41) is 5.32. The highest BCUT2D eigenvalue weighted by Crippen LogP contribution is 2.28. The molecule has 0 radical (unpaired) electrons. The number of hydrogen-bond acceptors (Lipinski definition) is 3. The highest BCUT2D eigenvalue weighted by atomic mass is 32.2. The summed E-state index contributed by atoms with van der Waals surface area (Å²) < 4.78 is 23.7. The Bertz CT molecular complexity index is 893. The zero-order valence-corrected chi connectivity index (χ0v) is 15.0. The van der Waals surface area contributed by atoms with Gasteiger partial charge in [0.05, 0.1) is 4.90 Å². The third-order valence-electron chi connectivity index (χ3n) is 4.68. The number of carbonyl (C=O) groups excluding carboxylic acids is 1. The Hall–Kier alpha value is -2.18. The number of benzene rings is 2. The number of nitrogens with two attached hydrogens (primary N) is 1. The number of rotatable bonds is 3. The molecule has 0 spiro atoms. The van der Waals surface area contributed by atoms with Crippen molar-refractivity contribution in [2.45, 2.75) is 37.1 Å². The van der Waals surface area contributed by atoms with Crippen molar-refractivity contribution in [3.63, 3.8) is 0 Å². The molecule has 2 aromatic carbocycles. The quantitative estimate of drug-likeness (QED) is 0.916. The van der Waals surface area contributed by atoms with E-state index in [0.29, 0.717) is 16.7 Å². The third kappa shape index (κ3) is 3.75. The Morgan fingerprint density at radius 2 is 1.88 bits per heavy atom. The third-order valence-corrected chi connectivity index (χ3v) is 5.65. The van der Waals surface area contributed by atoms with Crippen LogP contribution in [0.3, 0.4) is 0 Å². The number of likely N-dealkylation sites (tertiary alicyclic amines) is 1. The van der Waals surface area contributed by atoms with E-state index < -0.39 is 10.0 Å². The number of hydrogen-bond donors (Lipinski definition) is 1. The molecule has 2 N–H and O–H groups in total. The molecule has 6 heteroatoms. The number of nitrogens with zero attached hydrogens (tertiary/aromatic N) is 1. The molecule has 5 nitrogen and oxygen atoms in total. The Morgan fingerprint density at radius 3 is 2.60 bits per heavy atom. The Kier molecular flexibility index (Phi) is 4.92. The first-order valence-corrected chi connectivity index (χ1v) is 9.96. The Labute approximate surface area is 148 Å². The number of carbonyl (C=O) groups is 1. The van der Waals surface area contributed by atoms with Crippen molar-refractivity contribution >= 4 is 15.9 Å². The second-order valence-electron chi connectivity index (χ2n) is 6.47. The lowest BCUT2D eigenvalue weighted by Gasteiger charge is -2.33. The van der Waals surface area contributed by atoms with Gasteiger partial charge in [0.1, 0.15) is 0 Å². The molecule has 0 bridgehead atoms. The monoisotopic (exact) mass is 358 g/mol. The zero-order chi connectivity index (χ0) is 18.0. The van der Waals surface area contributed by atoms with E-state index in [0.717, 1.165) is 25.8 Å². The summed E-state index contributed by atoms with van der Waals surface area (Å²) in [5.41, 5.74) is 1.74. The molecule has 1 saturated heterocycles. The molecular weight excluding hydrogens is 336 g/mol. The smallest absolute Gasteiger partial charge is 0.254 e. The molecule has 3 rings (SSSR count). The van der Waals surface area contributed by atoms with Crippen molar-refractivity contribution in [3.05, 3.63) is 54.1 Å². The van der Waals surface area contributed by atoms with Crippen LogP contribution in [0.4, 0.5) is 0 Å². The summed E-state index contributed by atoms with van der Waals surface area (Å²) in [7, 11) is -3.84. The van der Waals surface area contributed by atoms with E-state index in [1.165, 1.54) is 6.07 Å². The minimum absolute atomic E-state index is 0.0119. The Morgan fingerprint density at radius 1 is 1.12 bits per heavy atom. The molecule has 25 heavy (non-hydrogen) atoms. The van der Waals surface area contributed by atoms with Crippen LogP contribution in [0.1, 0.15) is 36.5 Å². The summed E-state index contributed by atoms with van der Waals surface area (Å²) in [6.45, 7) is 2.83. The number of primary sulfonamides is 1. The lowest BCUT2D eigenvalue weighted by Crippen LogP contribution is -2.42. The Balaban J connectivity index is 1.99. The summed E-state index contributed by atoms with van der Waals surface area (Å²) >= 11 is 0. The molecule has 2 aromatic rings. The second-order valence-corrected chi connectivity index (χ2v) is 8.00. The van der Waals surface area contributed by atoms with Crippen molar-refractivity contribution < 1.29 is 13.2 Å². The largest absolute Gasteiger partial charge is 0.336 e. The summed E-state index contributed by atoms with van der Waals surface area (Å²) in [4.78, 5) is 14.8. The molecule has 0 aromatic heterocycles. The molecule has 0 aliphatic carbocycles. The lowest BCUT2D eigenvalue weighted by atomic mass is 9.99. The maximum Gasteiger partial charge on any atom is 0.254 e. The summed E-state index contributed by atoms with van der Waals surface area (Å²) in [6, 6.07) is 13.9. The van der Waals surface area contributed by atoms with E-state index in [4.69, 9.17) is 5.14 Å². The van der Waals surface area contributed by atoms with Gasteiger partial charge in [-0.25, -0.2) is 13.6 Å². The highest BCUT2D eigenvalue weighted by Gasteiger charge is 2.24. The van der Waals surface area contributed by atoms with E-state index in [9.17, 15) is 13.2 Å². The predicted molar refractivity (Wildman–Crippen MR) is 97.6 cm³/mol. The van der Waals surface area contributed by atoms with Gasteiger partial charge >= 0.3 is 0 Å². The van der Waals surface area contributed by atoms with Gasteiger partial charge in [0.15, 0.2) is 0 Å². The van der Waals surface area contributed by atoms with E-state index in [1.807, 2.05) is 4.90 Å². The van der Waals surface area contributed by atoms with Crippen LogP contribution in [0.25, 0.3) is 11.1 Å². The molecule has 1 aliphatic rings. The van der Waals surface area contributed by atoms with Crippen molar-refractivity contribution in [2.24, 2.45) is 5.14 Å². The maximum atomic E-state index is 12.9. The highest BCUT2D eigenvalue weighted by molar-refractivity contribution is 7.89. The van der Waals surface area contributed by atoms with Crippen LogP contribution in [0.5, 0.6) is 0 Å². The van der Waals surface area contributed by atoms with Crippen molar-refractivity contribution in [1.29, 1.82) is 0 Å².